The summed E-state index contributed by atoms with van der Waals surface area (Å²) in [4.78, 5) is 2.09. The van der Waals surface area contributed by atoms with E-state index in [0.29, 0.717) is 0 Å². The first-order valence-corrected chi connectivity index (χ1v) is 8.67. The average molecular weight is 311 g/mol. The van der Waals surface area contributed by atoms with Gasteiger partial charge in [0.15, 0.2) is 0 Å². The number of hydrogen-bond acceptors (Lipinski definition) is 2. The third-order valence-corrected chi connectivity index (χ3v) is 4.80. The van der Waals surface area contributed by atoms with Crippen LogP contribution in [0.2, 0.25) is 0 Å². The number of benzene rings is 1. The molecule has 2 heterocycles. The Labute approximate surface area is 140 Å². The van der Waals surface area contributed by atoms with Gasteiger partial charge in [-0.3, -0.25) is 4.68 Å². The molecule has 124 valence electrons. The van der Waals surface area contributed by atoms with Crippen LogP contribution in [0.3, 0.4) is 0 Å². The lowest BCUT2D eigenvalue weighted by molar-refractivity contribution is 0.315. The Bertz CT molecular complexity index is 701. The van der Waals surface area contributed by atoms with Crippen LogP contribution < -0.4 is 5.01 Å². The van der Waals surface area contributed by atoms with Crippen LogP contribution in [0.25, 0.3) is 17.0 Å². The molecule has 1 fully saturated rings. The monoisotopic (exact) mass is 311 g/mol. The molecule has 0 amide bonds. The van der Waals surface area contributed by atoms with Crippen LogP contribution in [0.4, 0.5) is 0 Å². The van der Waals surface area contributed by atoms with Crippen LogP contribution in [-0.2, 0) is 0 Å². The summed E-state index contributed by atoms with van der Waals surface area (Å²) in [5.41, 5.74) is 4.00. The number of para-hydroxylation sites is 1. The molecule has 0 radical (unpaired) electrons. The highest BCUT2D eigenvalue weighted by atomic mass is 15.6. The number of nitrogens with zero attached hydrogens (tertiary/aromatic N) is 3. The van der Waals surface area contributed by atoms with Crippen LogP contribution >= 0.6 is 0 Å². The molecule has 1 aromatic carbocycles. The SMILES string of the molecule is Cc1c(/C=C\N(C)C)c2ccccc2n1N1CC(C)CC(C)C1. The van der Waals surface area contributed by atoms with Crippen molar-refractivity contribution in [2.45, 2.75) is 27.2 Å². The molecule has 0 N–H and O–H groups in total. The Morgan fingerprint density at radius 2 is 1.74 bits per heavy atom. The molecule has 3 rings (SSSR count). The second kappa shape index (κ2) is 6.31. The van der Waals surface area contributed by atoms with Crippen molar-refractivity contribution in [3.05, 3.63) is 41.7 Å². The molecule has 0 bridgehead atoms. The van der Waals surface area contributed by atoms with Gasteiger partial charge in [-0.1, -0.05) is 32.0 Å². The molecule has 1 saturated heterocycles. The van der Waals surface area contributed by atoms with E-state index in [2.05, 4.69) is 86.0 Å². The quantitative estimate of drug-likeness (QED) is 0.845. The number of piperidine rings is 1. The van der Waals surface area contributed by atoms with Crippen molar-refractivity contribution in [3.8, 4) is 0 Å². The maximum Gasteiger partial charge on any atom is 0.0704 e. The van der Waals surface area contributed by atoms with E-state index in [9.17, 15) is 0 Å². The third kappa shape index (κ3) is 3.10. The Hall–Kier alpha value is -1.90. The second-order valence-corrected chi connectivity index (χ2v) is 7.43. The minimum atomic E-state index is 0.750. The van der Waals surface area contributed by atoms with E-state index in [1.807, 2.05) is 0 Å². The lowest BCUT2D eigenvalue weighted by Gasteiger charge is -2.38. The Morgan fingerprint density at radius 3 is 2.39 bits per heavy atom. The molecule has 0 spiro atoms. The summed E-state index contributed by atoms with van der Waals surface area (Å²) < 4.78 is 2.46. The third-order valence-electron chi connectivity index (χ3n) is 4.80. The normalized spacial score (nSPS) is 22.2. The molecule has 2 atom stereocenters. The van der Waals surface area contributed by atoms with E-state index in [4.69, 9.17) is 0 Å². The fourth-order valence-corrected chi connectivity index (χ4v) is 3.97. The molecule has 0 aliphatic carbocycles. The molecular formula is C20H29N3. The largest absolute Gasteiger partial charge is 0.383 e. The molecule has 2 aromatic rings. The Morgan fingerprint density at radius 1 is 1.09 bits per heavy atom. The first-order chi connectivity index (χ1) is 11.0. The number of fused-ring (bicyclic) bond motifs is 1. The average Bonchev–Trinajstić information content (AvgIpc) is 2.75. The number of hydrogen-bond donors (Lipinski definition) is 0. The fourth-order valence-electron chi connectivity index (χ4n) is 3.97. The van der Waals surface area contributed by atoms with Crippen LogP contribution in [0.15, 0.2) is 30.5 Å². The van der Waals surface area contributed by atoms with Crippen molar-refractivity contribution >= 4 is 17.0 Å². The summed E-state index contributed by atoms with van der Waals surface area (Å²) in [6.45, 7) is 9.27. The Kier molecular flexibility index (Phi) is 4.38. The molecule has 23 heavy (non-hydrogen) atoms. The van der Waals surface area contributed by atoms with Crippen LogP contribution in [0.5, 0.6) is 0 Å². The molecule has 3 nitrogen and oxygen atoms in total. The van der Waals surface area contributed by atoms with Crippen molar-refractivity contribution in [2.75, 3.05) is 32.2 Å². The molecule has 2 unspecified atom stereocenters. The fraction of sp³-hybridized carbons (Fsp3) is 0.500. The Balaban J connectivity index is 2.11. The lowest BCUT2D eigenvalue weighted by Crippen LogP contribution is -2.46. The summed E-state index contributed by atoms with van der Waals surface area (Å²) in [6, 6.07) is 8.78. The van der Waals surface area contributed by atoms with Gasteiger partial charge in [0.05, 0.1) is 5.52 Å². The van der Waals surface area contributed by atoms with E-state index < -0.39 is 0 Å². The number of aromatic nitrogens is 1. The number of rotatable bonds is 3. The van der Waals surface area contributed by atoms with Gasteiger partial charge < -0.3 is 9.91 Å². The summed E-state index contributed by atoms with van der Waals surface area (Å²) in [7, 11) is 4.14. The maximum absolute atomic E-state index is 2.55. The zero-order valence-electron chi connectivity index (χ0n) is 15.1. The van der Waals surface area contributed by atoms with Crippen LogP contribution in [-0.4, -0.2) is 36.8 Å². The molecule has 0 saturated carbocycles. The van der Waals surface area contributed by atoms with E-state index in [1.54, 1.807) is 0 Å². The van der Waals surface area contributed by atoms with Gasteiger partial charge in [0.1, 0.15) is 0 Å². The second-order valence-electron chi connectivity index (χ2n) is 7.43. The minimum absolute atomic E-state index is 0.750. The van der Waals surface area contributed by atoms with Gasteiger partial charge in [-0.05, 0) is 43.5 Å². The zero-order valence-corrected chi connectivity index (χ0v) is 15.1. The summed E-state index contributed by atoms with van der Waals surface area (Å²) >= 11 is 0. The predicted octanol–water partition coefficient (Wildman–Crippen LogP) is 4.10. The smallest absolute Gasteiger partial charge is 0.0704 e. The van der Waals surface area contributed by atoms with Gasteiger partial charge >= 0.3 is 0 Å². The van der Waals surface area contributed by atoms with Crippen molar-refractivity contribution in [2.24, 2.45) is 11.8 Å². The topological polar surface area (TPSA) is 11.4 Å². The van der Waals surface area contributed by atoms with Crippen molar-refractivity contribution < 1.29 is 0 Å². The van der Waals surface area contributed by atoms with Crippen molar-refractivity contribution in [1.82, 2.24) is 9.58 Å². The minimum Gasteiger partial charge on any atom is -0.383 e. The van der Waals surface area contributed by atoms with Gasteiger partial charge in [0.25, 0.3) is 0 Å². The van der Waals surface area contributed by atoms with Gasteiger partial charge in [-0.15, -0.1) is 0 Å². The van der Waals surface area contributed by atoms with Crippen LogP contribution in [0, 0.1) is 18.8 Å². The van der Waals surface area contributed by atoms with E-state index in [-0.39, 0.29) is 0 Å². The van der Waals surface area contributed by atoms with Gasteiger partial charge in [-0.2, -0.15) is 0 Å². The van der Waals surface area contributed by atoms with E-state index in [1.165, 1.54) is 28.6 Å². The highest BCUT2D eigenvalue weighted by Gasteiger charge is 2.25. The molecular weight excluding hydrogens is 282 g/mol. The van der Waals surface area contributed by atoms with Gasteiger partial charge in [-0.25, -0.2) is 0 Å². The molecule has 1 aliphatic heterocycles. The van der Waals surface area contributed by atoms with E-state index >= 15 is 0 Å². The molecule has 3 heteroatoms. The summed E-state index contributed by atoms with van der Waals surface area (Å²) in [5.74, 6) is 1.50. The lowest BCUT2D eigenvalue weighted by atomic mass is 9.93. The predicted molar refractivity (Wildman–Crippen MR) is 100 cm³/mol. The first-order valence-electron chi connectivity index (χ1n) is 8.67. The highest BCUT2D eigenvalue weighted by molar-refractivity contribution is 5.91. The maximum atomic E-state index is 2.55. The van der Waals surface area contributed by atoms with Crippen molar-refractivity contribution in [1.29, 1.82) is 0 Å². The van der Waals surface area contributed by atoms with Gasteiger partial charge in [0.2, 0.25) is 0 Å². The van der Waals surface area contributed by atoms with E-state index in [0.717, 1.165) is 24.9 Å². The first kappa shape index (κ1) is 16.0. The van der Waals surface area contributed by atoms with Crippen molar-refractivity contribution in [3.63, 3.8) is 0 Å². The molecule has 1 aromatic heterocycles. The summed E-state index contributed by atoms with van der Waals surface area (Å²) in [5, 5.41) is 3.89. The van der Waals surface area contributed by atoms with Gasteiger partial charge in [0, 0.05) is 43.8 Å². The van der Waals surface area contributed by atoms with Crippen LogP contribution in [0.1, 0.15) is 31.5 Å². The standard InChI is InChI=1S/C20H29N3/c1-15-12-16(2)14-22(13-15)23-17(3)18(10-11-21(4)5)19-8-6-7-9-20(19)23/h6-11,15-16H,12-14H2,1-5H3/b11-10-. The molecule has 1 aliphatic rings. The summed E-state index contributed by atoms with van der Waals surface area (Å²) in [6.07, 6.45) is 5.72. The highest BCUT2D eigenvalue weighted by Crippen LogP contribution is 2.30. The zero-order chi connectivity index (χ0) is 16.6.